The number of halogens is 2. The third kappa shape index (κ3) is 2.27. The smallest absolute Gasteiger partial charge is 0.128 e. The quantitative estimate of drug-likeness (QED) is 0.857. The topological polar surface area (TPSA) is 29.5 Å². The van der Waals surface area contributed by atoms with E-state index in [0.717, 1.165) is 5.56 Å². The van der Waals surface area contributed by atoms with Crippen LogP contribution in [0, 0.1) is 18.6 Å². The lowest BCUT2D eigenvalue weighted by atomic mass is 9.93. The van der Waals surface area contributed by atoms with Crippen LogP contribution in [0.1, 0.15) is 35.3 Å². The average Bonchev–Trinajstić information content (AvgIpc) is 2.41. The van der Waals surface area contributed by atoms with Gasteiger partial charge in [-0.1, -0.05) is 6.07 Å². The van der Waals surface area contributed by atoms with Crippen LogP contribution in [-0.4, -0.2) is 5.11 Å². The summed E-state index contributed by atoms with van der Waals surface area (Å²) in [7, 11) is 0. The van der Waals surface area contributed by atoms with E-state index in [4.69, 9.17) is 4.74 Å². The van der Waals surface area contributed by atoms with Crippen molar-refractivity contribution in [2.45, 2.75) is 25.6 Å². The molecule has 1 aliphatic rings. The van der Waals surface area contributed by atoms with Gasteiger partial charge in [0.2, 0.25) is 0 Å². The van der Waals surface area contributed by atoms with Crippen molar-refractivity contribution in [1.82, 2.24) is 0 Å². The molecule has 2 atom stereocenters. The van der Waals surface area contributed by atoms with Crippen LogP contribution in [0.15, 0.2) is 36.4 Å². The molecule has 0 saturated heterocycles. The van der Waals surface area contributed by atoms with E-state index < -0.39 is 18.0 Å². The molecular weight excluding hydrogens is 262 g/mol. The zero-order chi connectivity index (χ0) is 14.3. The minimum Gasteiger partial charge on any atom is -0.485 e. The fraction of sp³-hybridized carbons (Fsp3) is 0.250. The van der Waals surface area contributed by atoms with Gasteiger partial charge in [0.15, 0.2) is 0 Å². The number of benzene rings is 2. The molecule has 1 aliphatic heterocycles. The minimum absolute atomic E-state index is 0.317. The van der Waals surface area contributed by atoms with E-state index in [9.17, 15) is 13.9 Å². The third-order valence-electron chi connectivity index (χ3n) is 3.63. The standard InChI is InChI=1S/C16H14F2O2/c1-9-2-3-10(17)6-13(9)16-8-14(19)12-5-4-11(18)7-15(12)20-16/h2-7,14,16,19H,8H2,1H3/t14-,16?/m1/s1. The first-order valence-corrected chi connectivity index (χ1v) is 6.45. The Kier molecular flexibility index (Phi) is 3.18. The van der Waals surface area contributed by atoms with Crippen LogP contribution in [0.2, 0.25) is 0 Å². The van der Waals surface area contributed by atoms with Crippen molar-refractivity contribution in [1.29, 1.82) is 0 Å². The predicted molar refractivity (Wildman–Crippen MR) is 70.5 cm³/mol. The lowest BCUT2D eigenvalue weighted by Gasteiger charge is -2.30. The van der Waals surface area contributed by atoms with Gasteiger partial charge in [0.25, 0.3) is 0 Å². The summed E-state index contributed by atoms with van der Waals surface area (Å²) in [6.45, 7) is 1.85. The molecule has 0 aromatic heterocycles. The summed E-state index contributed by atoms with van der Waals surface area (Å²) in [6.07, 6.45) is -0.898. The summed E-state index contributed by atoms with van der Waals surface area (Å²) < 4.78 is 32.4. The molecule has 2 nitrogen and oxygen atoms in total. The molecule has 2 aromatic carbocycles. The molecule has 0 fully saturated rings. The SMILES string of the molecule is Cc1ccc(F)cc1C1C[C@@H](O)c2ccc(F)cc2O1. The van der Waals surface area contributed by atoms with Crippen LogP contribution < -0.4 is 4.74 Å². The lowest BCUT2D eigenvalue weighted by Crippen LogP contribution is -2.20. The average molecular weight is 276 g/mol. The van der Waals surface area contributed by atoms with Crippen molar-refractivity contribution in [3.8, 4) is 5.75 Å². The van der Waals surface area contributed by atoms with E-state index in [-0.39, 0.29) is 5.82 Å². The summed E-state index contributed by atoms with van der Waals surface area (Å²) in [5.41, 5.74) is 2.12. The van der Waals surface area contributed by atoms with Crippen LogP contribution >= 0.6 is 0 Å². The van der Waals surface area contributed by atoms with E-state index in [2.05, 4.69) is 0 Å². The first kappa shape index (κ1) is 13.1. The van der Waals surface area contributed by atoms with Gasteiger partial charge in [-0.05, 0) is 42.3 Å². The number of aryl methyl sites for hydroxylation is 1. The lowest BCUT2D eigenvalue weighted by molar-refractivity contribution is 0.0649. The highest BCUT2D eigenvalue weighted by molar-refractivity contribution is 5.40. The molecule has 0 radical (unpaired) electrons. The Balaban J connectivity index is 2.00. The van der Waals surface area contributed by atoms with Crippen molar-refractivity contribution >= 4 is 0 Å². The minimum atomic E-state index is -0.744. The van der Waals surface area contributed by atoms with Gasteiger partial charge in [0.1, 0.15) is 23.5 Å². The summed E-state index contributed by atoms with van der Waals surface area (Å²) in [4.78, 5) is 0. The molecule has 1 N–H and O–H groups in total. The molecule has 0 spiro atoms. The van der Waals surface area contributed by atoms with Crippen molar-refractivity contribution in [3.05, 3.63) is 64.7 Å². The Hall–Kier alpha value is -1.94. The van der Waals surface area contributed by atoms with E-state index in [1.165, 1.54) is 30.3 Å². The first-order valence-electron chi connectivity index (χ1n) is 6.45. The number of aliphatic hydroxyl groups excluding tert-OH is 1. The molecule has 0 amide bonds. The summed E-state index contributed by atoms with van der Waals surface area (Å²) >= 11 is 0. The number of hydrogen-bond donors (Lipinski definition) is 1. The highest BCUT2D eigenvalue weighted by Gasteiger charge is 2.29. The fourth-order valence-electron chi connectivity index (χ4n) is 2.57. The number of aliphatic hydroxyl groups is 1. The van der Waals surface area contributed by atoms with Gasteiger partial charge in [0, 0.05) is 18.1 Å². The Morgan fingerprint density at radius 2 is 1.75 bits per heavy atom. The molecule has 1 heterocycles. The van der Waals surface area contributed by atoms with E-state index >= 15 is 0 Å². The van der Waals surface area contributed by atoms with Crippen LogP contribution in [-0.2, 0) is 0 Å². The number of ether oxygens (including phenoxy) is 1. The Morgan fingerprint density at radius 1 is 1.05 bits per heavy atom. The molecular formula is C16H14F2O2. The number of hydrogen-bond acceptors (Lipinski definition) is 2. The first-order chi connectivity index (χ1) is 9.54. The molecule has 0 aliphatic carbocycles. The molecule has 1 unspecified atom stereocenters. The monoisotopic (exact) mass is 276 g/mol. The predicted octanol–water partition coefficient (Wildman–Crippen LogP) is 3.83. The summed E-state index contributed by atoms with van der Waals surface area (Å²) in [6, 6.07) is 8.51. The van der Waals surface area contributed by atoms with Crippen LogP contribution in [0.5, 0.6) is 5.75 Å². The van der Waals surface area contributed by atoms with Crippen molar-refractivity contribution < 1.29 is 18.6 Å². The maximum Gasteiger partial charge on any atom is 0.128 e. The van der Waals surface area contributed by atoms with Crippen LogP contribution in [0.4, 0.5) is 8.78 Å². The van der Waals surface area contributed by atoms with Crippen molar-refractivity contribution in [3.63, 3.8) is 0 Å². The number of rotatable bonds is 1. The van der Waals surface area contributed by atoms with Gasteiger partial charge in [0.05, 0.1) is 6.10 Å². The Bertz CT molecular complexity index is 655. The van der Waals surface area contributed by atoms with Gasteiger partial charge in [-0.3, -0.25) is 0 Å². The molecule has 0 saturated carbocycles. The summed E-state index contributed by atoms with van der Waals surface area (Å²) in [5, 5.41) is 10.1. The van der Waals surface area contributed by atoms with Gasteiger partial charge in [-0.25, -0.2) is 8.78 Å². The fourth-order valence-corrected chi connectivity index (χ4v) is 2.57. The Morgan fingerprint density at radius 3 is 2.55 bits per heavy atom. The van der Waals surface area contributed by atoms with E-state index in [1.807, 2.05) is 6.92 Å². The summed E-state index contributed by atoms with van der Waals surface area (Å²) in [5.74, 6) is -0.460. The zero-order valence-corrected chi connectivity index (χ0v) is 10.9. The van der Waals surface area contributed by atoms with Gasteiger partial charge in [-0.2, -0.15) is 0 Å². The molecule has 2 aromatic rings. The second-order valence-corrected chi connectivity index (χ2v) is 5.04. The second kappa shape index (κ2) is 4.87. The maximum absolute atomic E-state index is 13.4. The largest absolute Gasteiger partial charge is 0.485 e. The van der Waals surface area contributed by atoms with Gasteiger partial charge >= 0.3 is 0 Å². The second-order valence-electron chi connectivity index (χ2n) is 5.04. The molecule has 104 valence electrons. The Labute approximate surface area is 115 Å². The molecule has 20 heavy (non-hydrogen) atoms. The number of fused-ring (bicyclic) bond motifs is 1. The van der Waals surface area contributed by atoms with Gasteiger partial charge in [-0.15, -0.1) is 0 Å². The normalized spacial score (nSPS) is 21.2. The van der Waals surface area contributed by atoms with E-state index in [1.54, 1.807) is 6.07 Å². The highest BCUT2D eigenvalue weighted by Crippen LogP contribution is 2.41. The third-order valence-corrected chi connectivity index (χ3v) is 3.63. The van der Waals surface area contributed by atoms with Crippen molar-refractivity contribution in [2.24, 2.45) is 0 Å². The molecule has 4 heteroatoms. The van der Waals surface area contributed by atoms with Crippen LogP contribution in [0.25, 0.3) is 0 Å². The maximum atomic E-state index is 13.4. The molecule has 3 rings (SSSR count). The highest BCUT2D eigenvalue weighted by atomic mass is 19.1. The molecule has 0 bridgehead atoms. The van der Waals surface area contributed by atoms with Crippen LogP contribution in [0.3, 0.4) is 0 Å². The zero-order valence-electron chi connectivity index (χ0n) is 10.9. The van der Waals surface area contributed by atoms with E-state index in [0.29, 0.717) is 23.3 Å². The van der Waals surface area contributed by atoms with Crippen molar-refractivity contribution in [2.75, 3.05) is 0 Å². The van der Waals surface area contributed by atoms with Gasteiger partial charge < -0.3 is 9.84 Å².